The number of hydrogen-bond donors (Lipinski definition) is 2. The van der Waals surface area contributed by atoms with Crippen LogP contribution in [0.15, 0.2) is 121 Å². The molecule has 0 heterocycles. The SMILES string of the molecule is CC(C)OP(O)OC(C)C.O=[P+](c1ccccc1)c1ccccc1.OP(OCc1ccccc1)OCc1ccccc1. The summed E-state index contributed by atoms with van der Waals surface area (Å²) in [5.74, 6) is 0. The predicted octanol–water partition coefficient (Wildman–Crippen LogP) is 8.16. The van der Waals surface area contributed by atoms with Gasteiger partial charge in [-0.05, 0) is 63.1 Å². The van der Waals surface area contributed by atoms with Crippen LogP contribution in [-0.4, -0.2) is 22.0 Å². The number of benzene rings is 4. The summed E-state index contributed by atoms with van der Waals surface area (Å²) in [7, 11) is -4.91. The Balaban J connectivity index is 0.000000231. The molecule has 0 saturated carbocycles. The molecule has 0 unspecified atom stereocenters. The third-order valence-electron chi connectivity index (χ3n) is 4.95. The third-order valence-corrected chi connectivity index (χ3v) is 8.39. The highest BCUT2D eigenvalue weighted by atomic mass is 31.2. The summed E-state index contributed by atoms with van der Waals surface area (Å²) in [6.07, 6.45) is 0.0460. The van der Waals surface area contributed by atoms with Crippen LogP contribution in [0.1, 0.15) is 38.8 Å². The molecule has 4 aromatic carbocycles. The second-order valence-corrected chi connectivity index (χ2v) is 12.8. The second-order valence-electron chi connectivity index (χ2n) is 9.27. The minimum Gasteiger partial charge on any atom is -0.328 e. The lowest BCUT2D eigenvalue weighted by Gasteiger charge is -2.14. The highest BCUT2D eigenvalue weighted by Crippen LogP contribution is 2.36. The van der Waals surface area contributed by atoms with Gasteiger partial charge in [-0.1, -0.05) is 102 Å². The Morgan fingerprint density at radius 3 is 1.17 bits per heavy atom. The maximum absolute atomic E-state index is 12.0. The molecule has 4 rings (SSSR count). The molecule has 42 heavy (non-hydrogen) atoms. The fourth-order valence-corrected chi connectivity index (χ4v) is 5.66. The fourth-order valence-electron chi connectivity index (χ4n) is 3.11. The van der Waals surface area contributed by atoms with E-state index in [0.29, 0.717) is 13.2 Å². The predicted molar refractivity (Wildman–Crippen MR) is 173 cm³/mol. The van der Waals surface area contributed by atoms with Gasteiger partial charge in [0.2, 0.25) is 0 Å². The van der Waals surface area contributed by atoms with Crippen molar-refractivity contribution >= 4 is 35.6 Å². The molecule has 0 aliphatic rings. The third kappa shape index (κ3) is 16.3. The molecule has 0 aliphatic carbocycles. The van der Waals surface area contributed by atoms with Crippen molar-refractivity contribution in [1.29, 1.82) is 0 Å². The Morgan fingerprint density at radius 2 is 0.857 bits per heavy atom. The smallest absolute Gasteiger partial charge is 0.328 e. The average Bonchev–Trinajstić information content (AvgIpc) is 3.00. The molecule has 0 radical (unpaired) electrons. The lowest BCUT2D eigenvalue weighted by atomic mass is 10.2. The Labute approximate surface area is 253 Å². The standard InChI is InChI=1S/C14H15O3P.C12H10OP.C6H15O3P/c15-18(16-11-13-7-3-1-4-8-13)17-12-14-9-5-2-6-10-14;13-14(11-7-3-1-4-8-11)12-9-5-2-6-10-12;1-5(2)8-10(7)9-6(3)4/h1-10,15H,11-12H2;1-10H;5-7H,1-4H3/q;+1;. The van der Waals surface area contributed by atoms with Crippen LogP contribution in [0.5, 0.6) is 0 Å². The van der Waals surface area contributed by atoms with Crippen molar-refractivity contribution in [2.75, 3.05) is 0 Å². The highest BCUT2D eigenvalue weighted by Gasteiger charge is 2.21. The summed E-state index contributed by atoms with van der Waals surface area (Å²) in [4.78, 5) is 18.6. The monoisotopic (exact) mass is 629 g/mol. The molecule has 0 fully saturated rings. The molecule has 4 aromatic rings. The van der Waals surface area contributed by atoms with Crippen LogP contribution in [0.3, 0.4) is 0 Å². The fraction of sp³-hybridized carbons (Fsp3) is 0.250. The zero-order valence-electron chi connectivity index (χ0n) is 24.4. The normalized spacial score (nSPS) is 10.7. The van der Waals surface area contributed by atoms with E-state index in [0.717, 1.165) is 21.7 Å². The molecular weight excluding hydrogens is 589 g/mol. The minimum atomic E-state index is -1.83. The molecule has 7 nitrogen and oxygen atoms in total. The first-order valence-corrected chi connectivity index (χ1v) is 17.0. The summed E-state index contributed by atoms with van der Waals surface area (Å²) < 4.78 is 32.4. The van der Waals surface area contributed by atoms with Crippen LogP contribution < -0.4 is 10.6 Å². The van der Waals surface area contributed by atoms with Crippen molar-refractivity contribution in [2.45, 2.75) is 53.1 Å². The molecule has 0 aliphatic heterocycles. The first-order valence-electron chi connectivity index (χ1n) is 13.5. The number of rotatable bonds is 12. The zero-order valence-corrected chi connectivity index (χ0v) is 27.1. The van der Waals surface area contributed by atoms with Crippen molar-refractivity contribution in [3.05, 3.63) is 132 Å². The Kier molecular flexibility index (Phi) is 18.2. The quantitative estimate of drug-likeness (QED) is 0.153. The highest BCUT2D eigenvalue weighted by molar-refractivity contribution is 7.61. The van der Waals surface area contributed by atoms with Gasteiger partial charge in [-0.25, -0.2) is 0 Å². The van der Waals surface area contributed by atoms with E-state index in [1.54, 1.807) is 0 Å². The second kappa shape index (κ2) is 21.3. The molecular formula is C32H40O7P3+. The summed E-state index contributed by atoms with van der Waals surface area (Å²) in [5, 5.41) is 1.77. The van der Waals surface area contributed by atoms with Crippen molar-refractivity contribution in [3.8, 4) is 0 Å². The summed E-state index contributed by atoms with van der Waals surface area (Å²) in [6.45, 7) is 8.14. The maximum Gasteiger partial charge on any atom is 0.415 e. The van der Waals surface area contributed by atoms with E-state index in [-0.39, 0.29) is 12.2 Å². The van der Waals surface area contributed by atoms with E-state index < -0.39 is 25.0 Å². The largest absolute Gasteiger partial charge is 0.415 e. The van der Waals surface area contributed by atoms with Gasteiger partial charge in [0.25, 0.3) is 0 Å². The van der Waals surface area contributed by atoms with Crippen LogP contribution in [-0.2, 0) is 35.9 Å². The van der Waals surface area contributed by atoms with Crippen LogP contribution in [0, 0.1) is 0 Å². The zero-order chi connectivity index (χ0) is 30.6. The molecule has 0 bridgehead atoms. The van der Waals surface area contributed by atoms with Gasteiger partial charge < -0.3 is 27.9 Å². The van der Waals surface area contributed by atoms with Gasteiger partial charge in [0.05, 0.1) is 25.4 Å². The van der Waals surface area contributed by atoms with Gasteiger partial charge in [-0.2, -0.15) is 0 Å². The lowest BCUT2D eigenvalue weighted by molar-refractivity contribution is 0.139. The lowest BCUT2D eigenvalue weighted by Crippen LogP contribution is -2.04. The van der Waals surface area contributed by atoms with Gasteiger partial charge in [-0.3, -0.25) is 0 Å². The van der Waals surface area contributed by atoms with Crippen molar-refractivity contribution in [2.24, 2.45) is 0 Å². The van der Waals surface area contributed by atoms with E-state index in [2.05, 4.69) is 0 Å². The molecule has 0 aromatic heterocycles. The molecule has 0 atom stereocenters. The molecule has 10 heteroatoms. The molecule has 224 valence electrons. The van der Waals surface area contributed by atoms with Crippen molar-refractivity contribution in [3.63, 3.8) is 0 Å². The van der Waals surface area contributed by atoms with E-state index in [1.807, 2.05) is 149 Å². The Bertz CT molecular complexity index is 1140. The van der Waals surface area contributed by atoms with E-state index in [4.69, 9.17) is 23.0 Å². The first-order chi connectivity index (χ1) is 20.2. The molecule has 0 amide bonds. The van der Waals surface area contributed by atoms with Crippen LogP contribution in [0.4, 0.5) is 0 Å². The van der Waals surface area contributed by atoms with Gasteiger partial charge in [0, 0.05) is 0 Å². The van der Waals surface area contributed by atoms with E-state index in [1.165, 1.54) is 0 Å². The van der Waals surface area contributed by atoms with Crippen LogP contribution in [0.2, 0.25) is 0 Å². The van der Waals surface area contributed by atoms with Crippen LogP contribution in [0.25, 0.3) is 0 Å². The number of hydrogen-bond acceptors (Lipinski definition) is 7. The molecule has 0 spiro atoms. The Hall–Kier alpha value is -2.40. The summed E-state index contributed by atoms with van der Waals surface area (Å²) in [6, 6.07) is 38.5. The maximum atomic E-state index is 12.0. The van der Waals surface area contributed by atoms with Gasteiger partial charge in [-0.15, -0.1) is 0 Å². The minimum absolute atomic E-state index is 0.0230. The van der Waals surface area contributed by atoms with E-state index in [9.17, 15) is 9.46 Å². The van der Waals surface area contributed by atoms with E-state index >= 15 is 0 Å². The van der Waals surface area contributed by atoms with Gasteiger partial charge >= 0.3 is 25.0 Å². The Morgan fingerprint density at radius 1 is 0.548 bits per heavy atom. The first kappa shape index (κ1) is 35.8. The average molecular weight is 630 g/mol. The summed E-state index contributed by atoms with van der Waals surface area (Å²) in [5.41, 5.74) is 2.03. The summed E-state index contributed by atoms with van der Waals surface area (Å²) >= 11 is 0. The van der Waals surface area contributed by atoms with Crippen LogP contribution >= 0.6 is 25.0 Å². The topological polar surface area (TPSA) is 94.5 Å². The van der Waals surface area contributed by atoms with Crippen molar-refractivity contribution < 1.29 is 32.4 Å². The van der Waals surface area contributed by atoms with Gasteiger partial charge in [0.1, 0.15) is 0 Å². The molecule has 2 N–H and O–H groups in total. The van der Waals surface area contributed by atoms with Gasteiger partial charge in [0.15, 0.2) is 10.6 Å². The van der Waals surface area contributed by atoms with Crippen molar-refractivity contribution in [1.82, 2.24) is 0 Å². The molecule has 0 saturated heterocycles.